The number of fused-ring (bicyclic) bond motifs is 1. The quantitative estimate of drug-likeness (QED) is 0.798. The van der Waals surface area contributed by atoms with Crippen molar-refractivity contribution < 1.29 is 14.3 Å². The first-order chi connectivity index (χ1) is 11.9. The first kappa shape index (κ1) is 19.9. The van der Waals surface area contributed by atoms with Crippen molar-refractivity contribution in [2.24, 2.45) is 0 Å². The molecule has 5 nitrogen and oxygen atoms in total. The summed E-state index contributed by atoms with van der Waals surface area (Å²) in [5.74, 6) is 1.43. The number of carbonyl (C=O) groups excluding carboxylic acids is 1. The highest BCUT2D eigenvalue weighted by Crippen LogP contribution is 2.40. The van der Waals surface area contributed by atoms with E-state index >= 15 is 0 Å². The molecule has 3 rings (SSSR count). The number of benzene rings is 2. The van der Waals surface area contributed by atoms with Gasteiger partial charge >= 0.3 is 0 Å². The molecule has 1 aliphatic rings. The zero-order valence-corrected chi connectivity index (χ0v) is 16.1. The standard InChI is InChI=1S/C20H24N2O3.ClH/c1-20(2)12-16(15-11-14(21)8-9-18(15)25-20)22-19(23)10-13-6-4-5-7-17(13)24-3;/h4-9,11,16H,10,12,21H2,1-3H3,(H,22,23);1H. The van der Waals surface area contributed by atoms with Crippen molar-refractivity contribution in [3.63, 3.8) is 0 Å². The fourth-order valence-corrected chi connectivity index (χ4v) is 3.27. The number of hydrogen-bond acceptors (Lipinski definition) is 4. The van der Waals surface area contributed by atoms with Gasteiger partial charge in [0.05, 0.1) is 19.6 Å². The van der Waals surface area contributed by atoms with E-state index in [2.05, 4.69) is 5.32 Å². The van der Waals surface area contributed by atoms with E-state index in [-0.39, 0.29) is 36.4 Å². The Morgan fingerprint density at radius 3 is 2.77 bits per heavy atom. The van der Waals surface area contributed by atoms with Gasteiger partial charge in [0, 0.05) is 23.2 Å². The summed E-state index contributed by atoms with van der Waals surface area (Å²) in [7, 11) is 1.61. The van der Waals surface area contributed by atoms with Crippen LogP contribution < -0.4 is 20.5 Å². The fourth-order valence-electron chi connectivity index (χ4n) is 3.27. The number of methoxy groups -OCH3 is 1. The molecule has 1 amide bonds. The van der Waals surface area contributed by atoms with E-state index < -0.39 is 0 Å². The van der Waals surface area contributed by atoms with Crippen LogP contribution in [0, 0.1) is 0 Å². The van der Waals surface area contributed by atoms with Gasteiger partial charge in [-0.05, 0) is 38.1 Å². The maximum absolute atomic E-state index is 12.6. The first-order valence-electron chi connectivity index (χ1n) is 8.38. The number of nitrogen functional groups attached to an aromatic ring is 1. The Bertz CT molecular complexity index is 792. The second kappa shape index (κ2) is 7.87. The van der Waals surface area contributed by atoms with Crippen LogP contribution in [-0.4, -0.2) is 18.6 Å². The molecular weight excluding hydrogens is 352 g/mol. The molecular formula is C20H25ClN2O3. The molecule has 0 aliphatic carbocycles. The van der Waals surface area contributed by atoms with Gasteiger partial charge in [-0.25, -0.2) is 0 Å². The molecule has 0 aromatic heterocycles. The Morgan fingerprint density at radius 2 is 2.04 bits per heavy atom. The molecule has 2 aromatic rings. The van der Waals surface area contributed by atoms with Crippen molar-refractivity contribution in [2.45, 2.75) is 38.3 Å². The molecule has 1 heterocycles. The van der Waals surface area contributed by atoms with Gasteiger partial charge in [0.25, 0.3) is 0 Å². The van der Waals surface area contributed by atoms with Gasteiger partial charge in [-0.1, -0.05) is 18.2 Å². The minimum absolute atomic E-state index is 0. The van der Waals surface area contributed by atoms with Crippen molar-refractivity contribution in [1.82, 2.24) is 5.32 Å². The molecule has 1 unspecified atom stereocenters. The number of amides is 1. The number of nitrogens with one attached hydrogen (secondary N) is 1. The van der Waals surface area contributed by atoms with E-state index in [9.17, 15) is 4.79 Å². The molecule has 0 fully saturated rings. The summed E-state index contributed by atoms with van der Waals surface area (Å²) in [5, 5.41) is 3.13. The van der Waals surface area contributed by atoms with Crippen LogP contribution >= 0.6 is 12.4 Å². The van der Waals surface area contributed by atoms with E-state index in [0.717, 1.165) is 22.6 Å². The van der Waals surface area contributed by atoms with E-state index in [1.165, 1.54) is 0 Å². The summed E-state index contributed by atoms with van der Waals surface area (Å²) < 4.78 is 11.3. The average molecular weight is 377 g/mol. The van der Waals surface area contributed by atoms with Gasteiger partial charge < -0.3 is 20.5 Å². The van der Waals surface area contributed by atoms with Crippen LogP contribution in [0.1, 0.15) is 37.4 Å². The van der Waals surface area contributed by atoms with Crippen LogP contribution in [-0.2, 0) is 11.2 Å². The Balaban J connectivity index is 0.00000243. The van der Waals surface area contributed by atoms with Gasteiger partial charge in [0.2, 0.25) is 5.91 Å². The lowest BCUT2D eigenvalue weighted by Crippen LogP contribution is -2.41. The zero-order valence-electron chi connectivity index (χ0n) is 15.2. The Morgan fingerprint density at radius 1 is 1.31 bits per heavy atom. The van der Waals surface area contributed by atoms with Crippen LogP contribution in [0.15, 0.2) is 42.5 Å². The van der Waals surface area contributed by atoms with E-state index in [1.54, 1.807) is 7.11 Å². The number of ether oxygens (including phenoxy) is 2. The summed E-state index contributed by atoms with van der Waals surface area (Å²) in [5.41, 5.74) is 8.01. The van der Waals surface area contributed by atoms with Gasteiger partial charge in [-0.2, -0.15) is 0 Å². The smallest absolute Gasteiger partial charge is 0.225 e. The number of hydrogen-bond donors (Lipinski definition) is 2. The average Bonchev–Trinajstić information content (AvgIpc) is 2.55. The topological polar surface area (TPSA) is 73.6 Å². The molecule has 0 radical (unpaired) electrons. The van der Waals surface area contributed by atoms with Crippen LogP contribution in [0.4, 0.5) is 5.69 Å². The zero-order chi connectivity index (χ0) is 18.0. The number of anilines is 1. The van der Waals surface area contributed by atoms with Crippen molar-refractivity contribution in [2.75, 3.05) is 12.8 Å². The van der Waals surface area contributed by atoms with E-state index in [1.807, 2.05) is 56.3 Å². The highest BCUT2D eigenvalue weighted by atomic mass is 35.5. The minimum Gasteiger partial charge on any atom is -0.496 e. The summed E-state index contributed by atoms with van der Waals surface area (Å²) in [6.07, 6.45) is 0.945. The second-order valence-corrected chi connectivity index (χ2v) is 6.97. The number of halogens is 1. The molecule has 1 aliphatic heterocycles. The van der Waals surface area contributed by atoms with Crippen molar-refractivity contribution in [3.8, 4) is 11.5 Å². The molecule has 0 spiro atoms. The maximum Gasteiger partial charge on any atom is 0.225 e. The molecule has 6 heteroatoms. The third kappa shape index (κ3) is 4.41. The van der Waals surface area contributed by atoms with Gasteiger partial charge in [0.15, 0.2) is 0 Å². The molecule has 1 atom stereocenters. The Labute approximate surface area is 160 Å². The lowest BCUT2D eigenvalue weighted by Gasteiger charge is -2.38. The molecule has 2 aromatic carbocycles. The SMILES string of the molecule is COc1ccccc1CC(=O)NC1CC(C)(C)Oc2ccc(N)cc21.Cl. The second-order valence-electron chi connectivity index (χ2n) is 6.97. The predicted molar refractivity (Wildman–Crippen MR) is 105 cm³/mol. The largest absolute Gasteiger partial charge is 0.496 e. The summed E-state index contributed by atoms with van der Waals surface area (Å²) in [4.78, 5) is 12.6. The van der Waals surface area contributed by atoms with Crippen LogP contribution in [0.2, 0.25) is 0 Å². The lowest BCUT2D eigenvalue weighted by atomic mass is 9.89. The number of carbonyl (C=O) groups is 1. The molecule has 26 heavy (non-hydrogen) atoms. The normalized spacial score (nSPS) is 17.3. The fraction of sp³-hybridized carbons (Fsp3) is 0.350. The third-order valence-corrected chi connectivity index (χ3v) is 4.37. The van der Waals surface area contributed by atoms with Gasteiger partial charge in [-0.15, -0.1) is 12.4 Å². The van der Waals surface area contributed by atoms with Crippen molar-refractivity contribution in [1.29, 1.82) is 0 Å². The molecule has 140 valence electrons. The molecule has 0 saturated heterocycles. The van der Waals surface area contributed by atoms with Gasteiger partial charge in [0.1, 0.15) is 17.1 Å². The third-order valence-electron chi connectivity index (χ3n) is 4.37. The van der Waals surface area contributed by atoms with E-state index in [4.69, 9.17) is 15.2 Å². The van der Waals surface area contributed by atoms with Crippen LogP contribution in [0.25, 0.3) is 0 Å². The molecule has 0 saturated carbocycles. The lowest BCUT2D eigenvalue weighted by molar-refractivity contribution is -0.121. The highest BCUT2D eigenvalue weighted by Gasteiger charge is 2.34. The highest BCUT2D eigenvalue weighted by molar-refractivity contribution is 5.85. The van der Waals surface area contributed by atoms with Crippen molar-refractivity contribution in [3.05, 3.63) is 53.6 Å². The summed E-state index contributed by atoms with van der Waals surface area (Å²) >= 11 is 0. The van der Waals surface area contributed by atoms with Crippen molar-refractivity contribution >= 4 is 24.0 Å². The monoisotopic (exact) mass is 376 g/mol. The molecule has 0 bridgehead atoms. The van der Waals surface area contributed by atoms with Gasteiger partial charge in [-0.3, -0.25) is 4.79 Å². The minimum atomic E-state index is -0.356. The maximum atomic E-state index is 12.6. The molecule has 3 N–H and O–H groups in total. The summed E-state index contributed by atoms with van der Waals surface area (Å²) in [6.45, 7) is 4.04. The Kier molecular flexibility index (Phi) is 6.03. The van der Waals surface area contributed by atoms with Crippen LogP contribution in [0.3, 0.4) is 0 Å². The van der Waals surface area contributed by atoms with Crippen LogP contribution in [0.5, 0.6) is 11.5 Å². The first-order valence-corrected chi connectivity index (χ1v) is 8.38. The Hall–Kier alpha value is -2.40. The number of rotatable bonds is 4. The number of nitrogens with two attached hydrogens (primary N) is 1. The number of para-hydroxylation sites is 1. The predicted octanol–water partition coefficient (Wildman–Crippen LogP) is 3.66. The van der Waals surface area contributed by atoms with E-state index in [0.29, 0.717) is 12.1 Å². The summed E-state index contributed by atoms with van der Waals surface area (Å²) in [6, 6.07) is 13.0.